The zero-order chi connectivity index (χ0) is 17.1. The van der Waals surface area contributed by atoms with Gasteiger partial charge in [0, 0.05) is 37.0 Å². The second-order valence-corrected chi connectivity index (χ2v) is 6.85. The van der Waals surface area contributed by atoms with Crippen LogP contribution in [0, 0.1) is 24.5 Å². The Morgan fingerprint density at radius 3 is 2.67 bits per heavy atom. The minimum atomic E-state index is -0.487. The molecule has 1 atom stereocenters. The minimum Gasteiger partial charge on any atom is -0.299 e. The molecule has 0 saturated carbocycles. The molecule has 0 N–H and O–H groups in total. The molecule has 2 heterocycles. The largest absolute Gasteiger partial charge is 0.299 e. The summed E-state index contributed by atoms with van der Waals surface area (Å²) in [4.78, 5) is 2.42. The molecular weight excluding hydrogens is 308 g/mol. The molecule has 130 valence electrons. The number of rotatable bonds is 6. The number of halogens is 2. The number of hydrogen-bond donors (Lipinski definition) is 0. The number of aryl methyl sites for hydroxylation is 1. The van der Waals surface area contributed by atoms with Crippen LogP contribution in [0.2, 0.25) is 0 Å². The molecule has 1 aliphatic rings. The van der Waals surface area contributed by atoms with Crippen molar-refractivity contribution >= 4 is 0 Å². The molecule has 0 amide bonds. The van der Waals surface area contributed by atoms with Gasteiger partial charge in [-0.15, -0.1) is 0 Å². The van der Waals surface area contributed by atoms with Crippen molar-refractivity contribution in [2.45, 2.75) is 46.2 Å². The summed E-state index contributed by atoms with van der Waals surface area (Å²) in [6.07, 6.45) is 4.86. The summed E-state index contributed by atoms with van der Waals surface area (Å²) >= 11 is 0. The SMILES string of the molecule is CCCn1ncc(CN2CCC(Cc3cc(F)cc(F)c3)C2)c1C. The van der Waals surface area contributed by atoms with Gasteiger partial charge in [0.15, 0.2) is 0 Å². The van der Waals surface area contributed by atoms with Crippen LogP contribution in [0.4, 0.5) is 8.78 Å². The van der Waals surface area contributed by atoms with E-state index < -0.39 is 11.6 Å². The lowest BCUT2D eigenvalue weighted by Gasteiger charge is -2.16. The Hall–Kier alpha value is -1.75. The topological polar surface area (TPSA) is 21.1 Å². The van der Waals surface area contributed by atoms with Gasteiger partial charge in [-0.2, -0.15) is 5.10 Å². The maximum Gasteiger partial charge on any atom is 0.126 e. The molecule has 3 nitrogen and oxygen atoms in total. The van der Waals surface area contributed by atoms with Gasteiger partial charge in [-0.25, -0.2) is 8.78 Å². The van der Waals surface area contributed by atoms with E-state index in [4.69, 9.17) is 0 Å². The summed E-state index contributed by atoms with van der Waals surface area (Å²) < 4.78 is 28.7. The molecule has 1 unspecified atom stereocenters. The second kappa shape index (κ2) is 7.43. The van der Waals surface area contributed by atoms with E-state index in [9.17, 15) is 8.78 Å². The summed E-state index contributed by atoms with van der Waals surface area (Å²) in [5.41, 5.74) is 3.28. The average Bonchev–Trinajstić information content (AvgIpc) is 3.08. The summed E-state index contributed by atoms with van der Waals surface area (Å²) in [6.45, 7) is 8.14. The fourth-order valence-corrected chi connectivity index (χ4v) is 3.60. The third-order valence-electron chi connectivity index (χ3n) is 4.85. The quantitative estimate of drug-likeness (QED) is 0.798. The summed E-state index contributed by atoms with van der Waals surface area (Å²) in [7, 11) is 0. The summed E-state index contributed by atoms with van der Waals surface area (Å²) in [5, 5.41) is 4.46. The van der Waals surface area contributed by atoms with Gasteiger partial charge < -0.3 is 0 Å². The number of likely N-dealkylation sites (tertiary alicyclic amines) is 1. The van der Waals surface area contributed by atoms with E-state index in [1.54, 1.807) is 0 Å². The maximum absolute atomic E-state index is 13.3. The van der Waals surface area contributed by atoms with E-state index in [-0.39, 0.29) is 0 Å². The number of aromatic nitrogens is 2. The molecule has 3 rings (SSSR count). The fraction of sp³-hybridized carbons (Fsp3) is 0.526. The van der Waals surface area contributed by atoms with E-state index in [0.29, 0.717) is 5.92 Å². The second-order valence-electron chi connectivity index (χ2n) is 6.85. The van der Waals surface area contributed by atoms with Gasteiger partial charge in [0.2, 0.25) is 0 Å². The molecule has 24 heavy (non-hydrogen) atoms. The Kier molecular flexibility index (Phi) is 5.29. The molecule has 0 bridgehead atoms. The van der Waals surface area contributed by atoms with Crippen LogP contribution < -0.4 is 0 Å². The lowest BCUT2D eigenvalue weighted by atomic mass is 9.98. The smallest absolute Gasteiger partial charge is 0.126 e. The fourth-order valence-electron chi connectivity index (χ4n) is 3.60. The predicted octanol–water partition coefficient (Wildman–Crippen LogP) is 3.94. The molecule has 0 aliphatic carbocycles. The van der Waals surface area contributed by atoms with Crippen LogP contribution in [-0.2, 0) is 19.5 Å². The molecule has 5 heteroatoms. The highest BCUT2D eigenvalue weighted by Gasteiger charge is 2.24. The van der Waals surface area contributed by atoms with E-state index >= 15 is 0 Å². The van der Waals surface area contributed by atoms with Crippen molar-refractivity contribution in [3.05, 3.63) is 52.9 Å². The van der Waals surface area contributed by atoms with Gasteiger partial charge in [-0.3, -0.25) is 9.58 Å². The predicted molar refractivity (Wildman–Crippen MR) is 90.7 cm³/mol. The van der Waals surface area contributed by atoms with Gasteiger partial charge >= 0.3 is 0 Å². The third-order valence-corrected chi connectivity index (χ3v) is 4.85. The highest BCUT2D eigenvalue weighted by molar-refractivity contribution is 5.19. The minimum absolute atomic E-state index is 0.456. The molecule has 1 aliphatic heterocycles. The van der Waals surface area contributed by atoms with Crippen molar-refractivity contribution in [3.8, 4) is 0 Å². The van der Waals surface area contributed by atoms with Crippen molar-refractivity contribution < 1.29 is 8.78 Å². The van der Waals surface area contributed by atoms with E-state index in [0.717, 1.165) is 57.1 Å². The van der Waals surface area contributed by atoms with E-state index in [1.165, 1.54) is 23.4 Å². The van der Waals surface area contributed by atoms with Crippen molar-refractivity contribution in [2.24, 2.45) is 5.92 Å². The zero-order valence-electron chi connectivity index (χ0n) is 14.4. The molecule has 2 aromatic rings. The van der Waals surface area contributed by atoms with E-state index in [1.807, 2.05) is 6.20 Å². The molecule has 0 spiro atoms. The molecular formula is C19H25F2N3. The monoisotopic (exact) mass is 333 g/mol. The van der Waals surface area contributed by atoms with Crippen LogP contribution in [0.25, 0.3) is 0 Å². The van der Waals surface area contributed by atoms with Crippen molar-refractivity contribution in [3.63, 3.8) is 0 Å². The van der Waals surface area contributed by atoms with Crippen LogP contribution in [0.15, 0.2) is 24.4 Å². The standard InChI is InChI=1S/C19H25F2N3/c1-3-5-24-14(2)17(11-22-24)13-23-6-4-15(12-23)7-16-8-18(20)10-19(21)9-16/h8-11,15H,3-7,12-13H2,1-2H3. The lowest BCUT2D eigenvalue weighted by molar-refractivity contribution is 0.315. The van der Waals surface area contributed by atoms with Crippen molar-refractivity contribution in [1.82, 2.24) is 14.7 Å². The Labute approximate surface area is 142 Å². The first-order chi connectivity index (χ1) is 11.5. The van der Waals surface area contributed by atoms with Gasteiger partial charge in [-0.1, -0.05) is 6.92 Å². The van der Waals surface area contributed by atoms with Crippen LogP contribution >= 0.6 is 0 Å². The van der Waals surface area contributed by atoms with Gasteiger partial charge in [0.1, 0.15) is 11.6 Å². The summed E-state index contributed by atoms with van der Waals surface area (Å²) in [6, 6.07) is 3.83. The molecule has 1 fully saturated rings. The van der Waals surface area contributed by atoms with Gasteiger partial charge in [-0.05, 0) is 56.3 Å². The lowest BCUT2D eigenvalue weighted by Crippen LogP contribution is -2.21. The average molecular weight is 333 g/mol. The van der Waals surface area contributed by atoms with E-state index in [2.05, 4.69) is 28.5 Å². The maximum atomic E-state index is 13.3. The Bertz CT molecular complexity index is 676. The Morgan fingerprint density at radius 2 is 1.96 bits per heavy atom. The summed E-state index contributed by atoms with van der Waals surface area (Å²) in [5.74, 6) is -0.519. The van der Waals surface area contributed by atoms with Gasteiger partial charge in [0.25, 0.3) is 0 Å². The molecule has 1 aromatic carbocycles. The Balaban J connectivity index is 1.57. The first kappa shape index (κ1) is 17.1. The molecule has 0 radical (unpaired) electrons. The van der Waals surface area contributed by atoms with Crippen LogP contribution in [0.1, 0.15) is 36.6 Å². The third kappa shape index (κ3) is 4.01. The first-order valence-corrected chi connectivity index (χ1v) is 8.73. The molecule has 1 saturated heterocycles. The van der Waals surface area contributed by atoms with Crippen LogP contribution in [0.5, 0.6) is 0 Å². The number of hydrogen-bond acceptors (Lipinski definition) is 2. The number of benzene rings is 1. The molecule has 1 aromatic heterocycles. The zero-order valence-corrected chi connectivity index (χ0v) is 14.4. The first-order valence-electron chi connectivity index (χ1n) is 8.73. The highest BCUT2D eigenvalue weighted by atomic mass is 19.1. The number of nitrogens with zero attached hydrogens (tertiary/aromatic N) is 3. The van der Waals surface area contributed by atoms with Crippen LogP contribution in [0.3, 0.4) is 0 Å². The van der Waals surface area contributed by atoms with Crippen molar-refractivity contribution in [1.29, 1.82) is 0 Å². The van der Waals surface area contributed by atoms with Crippen molar-refractivity contribution in [2.75, 3.05) is 13.1 Å². The van der Waals surface area contributed by atoms with Gasteiger partial charge in [0.05, 0.1) is 6.20 Å². The Morgan fingerprint density at radius 1 is 1.21 bits per heavy atom. The normalized spacial score (nSPS) is 18.4. The van der Waals surface area contributed by atoms with Crippen LogP contribution in [-0.4, -0.2) is 27.8 Å². The highest BCUT2D eigenvalue weighted by Crippen LogP contribution is 2.24.